The topological polar surface area (TPSA) is 66.6 Å². The van der Waals surface area contributed by atoms with Crippen molar-refractivity contribution in [3.8, 4) is 0 Å². The van der Waals surface area contributed by atoms with Gasteiger partial charge in [0.25, 0.3) is 10.2 Å². The molecule has 0 amide bonds. The van der Waals surface area contributed by atoms with Crippen molar-refractivity contribution in [1.29, 1.82) is 0 Å². The third-order valence-corrected chi connectivity index (χ3v) is 6.81. The first-order valence-corrected chi connectivity index (χ1v) is 8.81. The van der Waals surface area contributed by atoms with Gasteiger partial charge in [-0.25, -0.2) is 0 Å². The summed E-state index contributed by atoms with van der Waals surface area (Å²) in [7, 11) is -1.58. The summed E-state index contributed by atoms with van der Waals surface area (Å²) in [6, 6.07) is 0.257. The molecule has 20 heavy (non-hydrogen) atoms. The van der Waals surface area contributed by atoms with Crippen molar-refractivity contribution in [2.75, 3.05) is 20.1 Å². The lowest BCUT2D eigenvalue weighted by molar-refractivity contribution is 0.260. The quantitative estimate of drug-likeness (QED) is 0.853. The second kappa shape index (κ2) is 7.40. The zero-order valence-electron chi connectivity index (χ0n) is 12.5. The van der Waals surface area contributed by atoms with E-state index in [2.05, 4.69) is 0 Å². The monoisotopic (exact) mass is 325 g/mol. The largest absolute Gasteiger partial charge is 0.330 e. The average Bonchev–Trinajstić information content (AvgIpc) is 2.81. The maximum atomic E-state index is 12.7. The van der Waals surface area contributed by atoms with Crippen LogP contribution in [0.25, 0.3) is 0 Å². The van der Waals surface area contributed by atoms with Crippen LogP contribution in [0.4, 0.5) is 0 Å². The van der Waals surface area contributed by atoms with Gasteiger partial charge in [-0.05, 0) is 38.6 Å². The van der Waals surface area contributed by atoms with Gasteiger partial charge in [-0.2, -0.15) is 17.0 Å². The minimum Gasteiger partial charge on any atom is -0.330 e. The van der Waals surface area contributed by atoms with E-state index in [-0.39, 0.29) is 24.5 Å². The number of hydrogen-bond acceptors (Lipinski definition) is 3. The van der Waals surface area contributed by atoms with E-state index in [4.69, 9.17) is 5.73 Å². The molecule has 1 saturated heterocycles. The summed E-state index contributed by atoms with van der Waals surface area (Å²) < 4.78 is 28.7. The van der Waals surface area contributed by atoms with Crippen LogP contribution in [-0.4, -0.2) is 49.2 Å². The van der Waals surface area contributed by atoms with Crippen molar-refractivity contribution < 1.29 is 8.42 Å². The van der Waals surface area contributed by atoms with Crippen LogP contribution in [0.3, 0.4) is 0 Å². The first-order chi connectivity index (χ1) is 8.96. The van der Waals surface area contributed by atoms with Gasteiger partial charge in [0.15, 0.2) is 0 Å². The van der Waals surface area contributed by atoms with Gasteiger partial charge in [0, 0.05) is 25.7 Å². The molecule has 2 atom stereocenters. The molecule has 0 aromatic heterocycles. The summed E-state index contributed by atoms with van der Waals surface area (Å²) in [5.41, 5.74) is 5.69. The van der Waals surface area contributed by atoms with Gasteiger partial charge >= 0.3 is 0 Å². The fourth-order valence-electron chi connectivity index (χ4n) is 3.40. The molecule has 0 aromatic rings. The Kier molecular flexibility index (Phi) is 6.73. The van der Waals surface area contributed by atoms with Crippen LogP contribution in [0.15, 0.2) is 0 Å². The molecule has 0 bridgehead atoms. The Morgan fingerprint density at radius 2 is 1.85 bits per heavy atom. The lowest BCUT2D eigenvalue weighted by atomic mass is 9.96. The fourth-order valence-corrected chi connectivity index (χ4v) is 5.26. The van der Waals surface area contributed by atoms with Gasteiger partial charge in [0.2, 0.25) is 0 Å². The van der Waals surface area contributed by atoms with E-state index in [0.29, 0.717) is 19.0 Å². The summed E-state index contributed by atoms with van der Waals surface area (Å²) in [4.78, 5) is 0. The first kappa shape index (κ1) is 18.2. The normalized spacial score (nSPS) is 29.6. The van der Waals surface area contributed by atoms with E-state index in [9.17, 15) is 8.42 Å². The Morgan fingerprint density at radius 3 is 2.35 bits per heavy atom. The Hall–Kier alpha value is 0.120. The molecular weight excluding hydrogens is 298 g/mol. The highest BCUT2D eigenvalue weighted by molar-refractivity contribution is 7.86. The van der Waals surface area contributed by atoms with Gasteiger partial charge in [-0.3, -0.25) is 0 Å². The minimum absolute atomic E-state index is 0. The highest BCUT2D eigenvalue weighted by Crippen LogP contribution is 2.30. The molecule has 120 valence electrons. The van der Waals surface area contributed by atoms with E-state index < -0.39 is 10.2 Å². The van der Waals surface area contributed by atoms with Crippen molar-refractivity contribution in [3.05, 3.63) is 0 Å². The summed E-state index contributed by atoms with van der Waals surface area (Å²) in [6.07, 6.45) is 6.40. The third-order valence-electron chi connectivity index (χ3n) is 4.69. The molecule has 2 unspecified atom stereocenters. The second-order valence-electron chi connectivity index (χ2n) is 6.07. The molecule has 1 aliphatic carbocycles. The lowest BCUT2D eigenvalue weighted by Gasteiger charge is -2.34. The van der Waals surface area contributed by atoms with Crippen molar-refractivity contribution in [1.82, 2.24) is 8.61 Å². The number of nitrogens with zero attached hydrogens (tertiary/aromatic N) is 2. The Bertz CT molecular complexity index is 398. The van der Waals surface area contributed by atoms with Gasteiger partial charge in [0.05, 0.1) is 0 Å². The zero-order chi connectivity index (χ0) is 14.0. The van der Waals surface area contributed by atoms with Crippen molar-refractivity contribution >= 4 is 22.6 Å². The predicted octanol–water partition coefficient (Wildman–Crippen LogP) is 1.59. The van der Waals surface area contributed by atoms with E-state index in [1.54, 1.807) is 15.7 Å². The number of halogens is 1. The van der Waals surface area contributed by atoms with Crippen LogP contribution in [0.5, 0.6) is 0 Å². The summed E-state index contributed by atoms with van der Waals surface area (Å²) in [6.45, 7) is 3.14. The highest BCUT2D eigenvalue weighted by Gasteiger charge is 2.40. The van der Waals surface area contributed by atoms with Gasteiger partial charge in [0.1, 0.15) is 0 Å². The molecule has 5 nitrogen and oxygen atoms in total. The molecule has 2 N–H and O–H groups in total. The fraction of sp³-hybridized carbons (Fsp3) is 1.00. The summed E-state index contributed by atoms with van der Waals surface area (Å²) >= 11 is 0. The van der Waals surface area contributed by atoms with Crippen LogP contribution < -0.4 is 5.73 Å². The number of hydrogen-bond donors (Lipinski definition) is 1. The third kappa shape index (κ3) is 3.65. The van der Waals surface area contributed by atoms with E-state index >= 15 is 0 Å². The molecule has 1 aliphatic heterocycles. The molecule has 0 radical (unpaired) electrons. The predicted molar refractivity (Wildman–Crippen MR) is 84.1 cm³/mol. The van der Waals surface area contributed by atoms with Crippen LogP contribution in [-0.2, 0) is 10.2 Å². The van der Waals surface area contributed by atoms with Gasteiger partial charge < -0.3 is 5.73 Å². The standard InChI is InChI=1S/C13H27N3O2S.ClH/c1-11-8-12(9-14)10-16(11)19(17,18)15(2)13-6-4-3-5-7-13;/h11-13H,3-10,14H2,1-2H3;1H. The summed E-state index contributed by atoms with van der Waals surface area (Å²) in [5.74, 6) is 0.310. The molecule has 1 saturated carbocycles. The molecule has 1 heterocycles. The molecule has 7 heteroatoms. The molecule has 2 rings (SSSR count). The van der Waals surface area contributed by atoms with E-state index in [1.807, 2.05) is 6.92 Å². The molecule has 0 aromatic carbocycles. The highest BCUT2D eigenvalue weighted by atomic mass is 35.5. The van der Waals surface area contributed by atoms with Crippen molar-refractivity contribution in [2.45, 2.75) is 57.5 Å². The number of nitrogens with two attached hydrogens (primary N) is 1. The Balaban J connectivity index is 0.00000200. The maximum absolute atomic E-state index is 12.7. The van der Waals surface area contributed by atoms with Gasteiger partial charge in [-0.15, -0.1) is 12.4 Å². The second-order valence-corrected chi connectivity index (χ2v) is 8.01. The molecule has 2 aliphatic rings. The van der Waals surface area contributed by atoms with Gasteiger partial charge in [-0.1, -0.05) is 19.3 Å². The van der Waals surface area contributed by atoms with Crippen molar-refractivity contribution in [2.24, 2.45) is 11.7 Å². The number of rotatable bonds is 4. The van der Waals surface area contributed by atoms with Crippen LogP contribution >= 0.6 is 12.4 Å². The van der Waals surface area contributed by atoms with Crippen LogP contribution in [0, 0.1) is 5.92 Å². The molecule has 2 fully saturated rings. The molecular formula is C13H28ClN3O2S. The summed E-state index contributed by atoms with van der Waals surface area (Å²) in [5, 5.41) is 0. The van der Waals surface area contributed by atoms with E-state index in [0.717, 1.165) is 32.1 Å². The minimum atomic E-state index is -3.32. The molecule has 0 spiro atoms. The zero-order valence-corrected chi connectivity index (χ0v) is 14.1. The Morgan fingerprint density at radius 1 is 1.25 bits per heavy atom. The van der Waals surface area contributed by atoms with E-state index in [1.165, 1.54) is 6.42 Å². The van der Waals surface area contributed by atoms with Crippen molar-refractivity contribution in [3.63, 3.8) is 0 Å². The smallest absolute Gasteiger partial charge is 0.282 e. The Labute approximate surface area is 129 Å². The van der Waals surface area contributed by atoms with Crippen LogP contribution in [0.2, 0.25) is 0 Å². The average molecular weight is 326 g/mol. The van der Waals surface area contributed by atoms with Crippen LogP contribution in [0.1, 0.15) is 45.4 Å². The SMILES string of the molecule is CC1CC(CN)CN1S(=O)(=O)N(C)C1CCCCC1.Cl. The first-order valence-electron chi connectivity index (χ1n) is 7.41. The lowest BCUT2D eigenvalue weighted by Crippen LogP contribution is -2.48. The maximum Gasteiger partial charge on any atom is 0.282 e.